The molecule has 6 heavy (non-hydrogen) atoms. The van der Waals surface area contributed by atoms with Gasteiger partial charge in [-0.15, -0.1) is 0 Å². The largest absolute Gasteiger partial charge is 0.364 e. The van der Waals surface area contributed by atoms with Gasteiger partial charge in [0.05, 0.1) is 6.16 Å². The molecule has 0 aliphatic carbocycles. The Labute approximate surface area is 35.6 Å². The van der Waals surface area contributed by atoms with Crippen LogP contribution in [0.5, 0.6) is 0 Å². The standard InChI is InChI=1S/C2H6FO2P/c1-2-6(3,4)5/h2H2,1H3,(H,4,5). The first-order chi connectivity index (χ1) is 2.56. The third kappa shape index (κ3) is 4.12. The highest BCUT2D eigenvalue weighted by Crippen LogP contribution is 2.40. The minimum absolute atomic E-state index is 0.285. The number of halogens is 1. The summed E-state index contributed by atoms with van der Waals surface area (Å²) in [6.07, 6.45) is -0.285. The lowest BCUT2D eigenvalue weighted by molar-refractivity contribution is 0.431. The molecule has 4 heteroatoms. The van der Waals surface area contributed by atoms with Crippen LogP contribution in [0.1, 0.15) is 6.92 Å². The van der Waals surface area contributed by atoms with Gasteiger partial charge in [0.15, 0.2) is 0 Å². The summed E-state index contributed by atoms with van der Waals surface area (Å²) in [7, 11) is -4.15. The molecule has 2 nitrogen and oxygen atoms in total. The summed E-state index contributed by atoms with van der Waals surface area (Å²) in [4.78, 5) is 7.72. The maximum atomic E-state index is 11.2. The van der Waals surface area contributed by atoms with E-state index >= 15 is 0 Å². The topological polar surface area (TPSA) is 37.3 Å². The Morgan fingerprint density at radius 1 is 2.00 bits per heavy atom. The summed E-state index contributed by atoms with van der Waals surface area (Å²) in [6, 6.07) is 0. The fraction of sp³-hybridized carbons (Fsp3) is 1.00. The van der Waals surface area contributed by atoms with Gasteiger partial charge in [0, 0.05) is 0 Å². The average Bonchev–Trinajstić information content (AvgIpc) is 1.35. The molecule has 1 unspecified atom stereocenters. The molecular formula is C2H6FO2P. The average molecular weight is 112 g/mol. The van der Waals surface area contributed by atoms with Crippen molar-refractivity contribution in [3.05, 3.63) is 0 Å². The van der Waals surface area contributed by atoms with Gasteiger partial charge in [0.1, 0.15) is 0 Å². The van der Waals surface area contributed by atoms with E-state index in [1.807, 2.05) is 0 Å². The molecule has 38 valence electrons. The molecule has 0 saturated carbocycles. The Balaban J connectivity index is 3.48. The van der Waals surface area contributed by atoms with Crippen LogP contribution in [0.3, 0.4) is 0 Å². The van der Waals surface area contributed by atoms with Crippen LogP contribution < -0.4 is 0 Å². The monoisotopic (exact) mass is 112 g/mol. The van der Waals surface area contributed by atoms with Gasteiger partial charge in [0.25, 0.3) is 0 Å². The van der Waals surface area contributed by atoms with E-state index < -0.39 is 7.68 Å². The second kappa shape index (κ2) is 1.71. The molecular weight excluding hydrogens is 106 g/mol. The Morgan fingerprint density at radius 3 is 2.17 bits per heavy atom. The number of hydrogen-bond acceptors (Lipinski definition) is 1. The van der Waals surface area contributed by atoms with Crippen LogP contribution >= 0.6 is 7.68 Å². The lowest BCUT2D eigenvalue weighted by atomic mass is 11.0. The Kier molecular flexibility index (Phi) is 1.75. The van der Waals surface area contributed by atoms with Gasteiger partial charge in [-0.2, -0.15) is 4.20 Å². The molecule has 1 atom stereocenters. The molecule has 1 N–H and O–H groups in total. The normalized spacial score (nSPS) is 19.8. The maximum absolute atomic E-state index is 11.2. The third-order valence-electron chi connectivity index (χ3n) is 0.390. The fourth-order valence-corrected chi connectivity index (χ4v) is 0. The molecule has 0 saturated heterocycles. The smallest absolute Gasteiger partial charge is 0.321 e. The van der Waals surface area contributed by atoms with Crippen LogP contribution in [0.15, 0.2) is 0 Å². The second-order valence-corrected chi connectivity index (χ2v) is 2.80. The van der Waals surface area contributed by atoms with E-state index in [-0.39, 0.29) is 6.16 Å². The highest BCUT2D eigenvalue weighted by molar-refractivity contribution is 7.52. The summed E-state index contributed by atoms with van der Waals surface area (Å²) in [5, 5.41) is 0. The van der Waals surface area contributed by atoms with Gasteiger partial charge in [0.2, 0.25) is 0 Å². The minimum atomic E-state index is -4.15. The zero-order chi connectivity index (χ0) is 5.21. The fourth-order valence-electron chi connectivity index (χ4n) is 0. The molecule has 0 aromatic rings. The molecule has 0 aromatic carbocycles. The predicted octanol–water partition coefficient (Wildman–Crippen LogP) is 1.16. The molecule has 0 aliphatic rings. The van der Waals surface area contributed by atoms with Crippen LogP contribution in [-0.2, 0) is 4.57 Å². The molecule has 0 heterocycles. The van der Waals surface area contributed by atoms with E-state index in [1.165, 1.54) is 6.92 Å². The van der Waals surface area contributed by atoms with Crippen molar-refractivity contribution in [2.45, 2.75) is 6.92 Å². The van der Waals surface area contributed by atoms with E-state index in [1.54, 1.807) is 0 Å². The molecule has 0 rings (SSSR count). The van der Waals surface area contributed by atoms with Crippen LogP contribution in [0.25, 0.3) is 0 Å². The van der Waals surface area contributed by atoms with Gasteiger partial charge in [-0.3, -0.25) is 4.57 Å². The molecule has 0 fully saturated rings. The van der Waals surface area contributed by atoms with Gasteiger partial charge in [-0.1, -0.05) is 6.92 Å². The van der Waals surface area contributed by atoms with Crippen molar-refractivity contribution in [1.29, 1.82) is 0 Å². The van der Waals surface area contributed by atoms with E-state index in [2.05, 4.69) is 0 Å². The summed E-state index contributed by atoms with van der Waals surface area (Å²) in [5.41, 5.74) is 0. The van der Waals surface area contributed by atoms with Gasteiger partial charge < -0.3 is 4.89 Å². The third-order valence-corrected chi connectivity index (χ3v) is 1.17. The highest BCUT2D eigenvalue weighted by atomic mass is 31.2. The summed E-state index contributed by atoms with van der Waals surface area (Å²) >= 11 is 0. The van der Waals surface area contributed by atoms with Crippen molar-refractivity contribution in [2.24, 2.45) is 0 Å². The van der Waals surface area contributed by atoms with E-state index in [4.69, 9.17) is 4.89 Å². The van der Waals surface area contributed by atoms with Crippen LogP contribution in [0, 0.1) is 0 Å². The molecule has 0 aliphatic heterocycles. The molecule has 0 spiro atoms. The first-order valence-electron chi connectivity index (χ1n) is 1.57. The summed E-state index contributed by atoms with van der Waals surface area (Å²) in [5.74, 6) is 0. The van der Waals surface area contributed by atoms with Crippen LogP contribution in [0.4, 0.5) is 4.20 Å². The van der Waals surface area contributed by atoms with Crippen molar-refractivity contribution >= 4 is 7.68 Å². The SMILES string of the molecule is CCP(=O)(O)F. The molecule has 0 bridgehead atoms. The summed E-state index contributed by atoms with van der Waals surface area (Å²) in [6.45, 7) is 1.32. The van der Waals surface area contributed by atoms with Crippen molar-refractivity contribution < 1.29 is 13.7 Å². The number of hydrogen-bond donors (Lipinski definition) is 1. The van der Waals surface area contributed by atoms with Crippen molar-refractivity contribution in [3.63, 3.8) is 0 Å². The van der Waals surface area contributed by atoms with Gasteiger partial charge >= 0.3 is 7.68 Å². The molecule has 0 amide bonds. The van der Waals surface area contributed by atoms with Crippen LogP contribution in [0.2, 0.25) is 0 Å². The first-order valence-corrected chi connectivity index (χ1v) is 3.31. The highest BCUT2D eigenvalue weighted by Gasteiger charge is 2.08. The molecule has 0 radical (unpaired) electrons. The van der Waals surface area contributed by atoms with Gasteiger partial charge in [-0.05, 0) is 0 Å². The second-order valence-electron chi connectivity index (χ2n) is 0.933. The lowest BCUT2D eigenvalue weighted by Crippen LogP contribution is -1.69. The Morgan fingerprint density at radius 2 is 2.17 bits per heavy atom. The van der Waals surface area contributed by atoms with Gasteiger partial charge in [-0.25, -0.2) is 0 Å². The Bertz CT molecular complexity index is 75.6. The zero-order valence-corrected chi connectivity index (χ0v) is 4.28. The predicted molar refractivity (Wildman–Crippen MR) is 21.5 cm³/mol. The Hall–Kier alpha value is 0.120. The van der Waals surface area contributed by atoms with Crippen LogP contribution in [-0.4, -0.2) is 11.1 Å². The van der Waals surface area contributed by atoms with E-state index in [9.17, 15) is 8.76 Å². The maximum Gasteiger partial charge on any atom is 0.364 e. The first kappa shape index (κ1) is 6.12. The molecule has 0 aromatic heterocycles. The van der Waals surface area contributed by atoms with E-state index in [0.29, 0.717) is 0 Å². The number of rotatable bonds is 1. The van der Waals surface area contributed by atoms with Crippen molar-refractivity contribution in [3.8, 4) is 0 Å². The minimum Gasteiger partial charge on any atom is -0.321 e. The lowest BCUT2D eigenvalue weighted by Gasteiger charge is -1.88. The zero-order valence-electron chi connectivity index (χ0n) is 3.39. The van der Waals surface area contributed by atoms with Crippen molar-refractivity contribution in [2.75, 3.05) is 6.16 Å². The summed E-state index contributed by atoms with van der Waals surface area (Å²) < 4.78 is 20.7. The van der Waals surface area contributed by atoms with Crippen molar-refractivity contribution in [1.82, 2.24) is 0 Å². The quantitative estimate of drug-likeness (QED) is 0.517. The van der Waals surface area contributed by atoms with E-state index in [0.717, 1.165) is 0 Å².